The summed E-state index contributed by atoms with van der Waals surface area (Å²) >= 11 is 0. The van der Waals surface area contributed by atoms with Gasteiger partial charge in [-0.3, -0.25) is 24.5 Å². The molecule has 8 nitrogen and oxygen atoms in total. The summed E-state index contributed by atoms with van der Waals surface area (Å²) in [4.78, 5) is 49.6. The number of carbonyl (C=O) groups excluding carboxylic acids is 1. The highest BCUT2D eigenvalue weighted by atomic mass is 16.2. The SMILES string of the molecule is Cc1cc(NC(=O)c2cc(C)c3c(=O)[nH]c(=O)[nH]c3n2)c2cccnc2c1C. The van der Waals surface area contributed by atoms with Gasteiger partial charge in [0.15, 0.2) is 0 Å². The second-order valence-electron chi connectivity index (χ2n) is 6.68. The van der Waals surface area contributed by atoms with Crippen molar-refractivity contribution in [3.8, 4) is 0 Å². The van der Waals surface area contributed by atoms with Crippen molar-refractivity contribution in [3.63, 3.8) is 0 Å². The molecule has 1 aromatic carbocycles. The molecule has 0 spiro atoms. The van der Waals surface area contributed by atoms with Gasteiger partial charge in [-0.25, -0.2) is 9.78 Å². The Bertz CT molecular complexity index is 1380. The highest BCUT2D eigenvalue weighted by molar-refractivity contribution is 6.09. The van der Waals surface area contributed by atoms with E-state index in [0.29, 0.717) is 11.3 Å². The van der Waals surface area contributed by atoms with Crippen LogP contribution in [0.3, 0.4) is 0 Å². The lowest BCUT2D eigenvalue weighted by Gasteiger charge is -2.12. The van der Waals surface area contributed by atoms with E-state index in [-0.39, 0.29) is 16.7 Å². The molecular formula is C20H17N5O3. The lowest BCUT2D eigenvalue weighted by Crippen LogP contribution is -2.24. The number of aryl methyl sites for hydroxylation is 3. The summed E-state index contributed by atoms with van der Waals surface area (Å²) in [6.07, 6.45) is 1.71. The van der Waals surface area contributed by atoms with E-state index in [9.17, 15) is 14.4 Å². The zero-order valence-electron chi connectivity index (χ0n) is 15.5. The quantitative estimate of drug-likeness (QED) is 0.497. The standard InChI is InChI=1S/C20H17N5O3/c1-9-7-13(12-5-4-6-21-16(12)11(9)3)23-18(26)14-8-10(2)15-17(22-14)24-20(28)25-19(15)27/h4-8H,1-3H3,(H,23,26)(H2,22,24,25,27,28). The molecule has 4 rings (SSSR count). The first-order chi connectivity index (χ1) is 13.3. The Labute approximate surface area is 158 Å². The summed E-state index contributed by atoms with van der Waals surface area (Å²) in [6.45, 7) is 5.62. The van der Waals surface area contributed by atoms with Crippen molar-refractivity contribution >= 4 is 33.5 Å². The maximum absolute atomic E-state index is 12.8. The highest BCUT2D eigenvalue weighted by Gasteiger charge is 2.16. The first kappa shape index (κ1) is 17.6. The molecule has 0 aliphatic heterocycles. The molecule has 0 fully saturated rings. The number of pyridine rings is 2. The Morgan fingerprint density at radius 3 is 2.64 bits per heavy atom. The average Bonchev–Trinajstić information content (AvgIpc) is 2.65. The van der Waals surface area contributed by atoms with Gasteiger partial charge >= 0.3 is 5.69 Å². The fraction of sp³-hybridized carbons (Fsp3) is 0.150. The predicted molar refractivity (Wildman–Crippen MR) is 107 cm³/mol. The zero-order chi connectivity index (χ0) is 20.0. The molecular weight excluding hydrogens is 358 g/mol. The lowest BCUT2D eigenvalue weighted by atomic mass is 10.0. The molecule has 3 aromatic heterocycles. The molecule has 8 heteroatoms. The summed E-state index contributed by atoms with van der Waals surface area (Å²) in [6, 6.07) is 7.10. The van der Waals surface area contributed by atoms with Gasteiger partial charge in [-0.05, 0) is 61.7 Å². The van der Waals surface area contributed by atoms with Gasteiger partial charge in [-0.1, -0.05) is 0 Å². The van der Waals surface area contributed by atoms with Crippen LogP contribution in [0.5, 0.6) is 0 Å². The van der Waals surface area contributed by atoms with Crippen LogP contribution in [0.25, 0.3) is 21.9 Å². The summed E-state index contributed by atoms with van der Waals surface area (Å²) in [5.41, 5.74) is 2.98. The molecule has 140 valence electrons. The van der Waals surface area contributed by atoms with E-state index in [1.807, 2.05) is 32.0 Å². The van der Waals surface area contributed by atoms with Crippen molar-refractivity contribution in [2.45, 2.75) is 20.8 Å². The monoisotopic (exact) mass is 375 g/mol. The van der Waals surface area contributed by atoms with Gasteiger partial charge in [0.25, 0.3) is 11.5 Å². The van der Waals surface area contributed by atoms with Gasteiger partial charge in [-0.2, -0.15) is 0 Å². The molecule has 3 N–H and O–H groups in total. The number of anilines is 1. The smallest absolute Gasteiger partial charge is 0.320 e. The molecule has 3 heterocycles. The molecule has 0 radical (unpaired) electrons. The minimum absolute atomic E-state index is 0.0745. The molecule has 0 atom stereocenters. The van der Waals surface area contributed by atoms with E-state index in [0.717, 1.165) is 22.0 Å². The predicted octanol–water partition coefficient (Wildman–Crippen LogP) is 2.34. The minimum atomic E-state index is -0.673. The van der Waals surface area contributed by atoms with Crippen LogP contribution < -0.4 is 16.6 Å². The number of amides is 1. The van der Waals surface area contributed by atoms with Crippen molar-refractivity contribution in [2.24, 2.45) is 0 Å². The molecule has 0 aliphatic carbocycles. The van der Waals surface area contributed by atoms with Gasteiger partial charge in [0.1, 0.15) is 11.3 Å². The number of rotatable bonds is 2. The number of benzene rings is 1. The Morgan fingerprint density at radius 2 is 1.86 bits per heavy atom. The minimum Gasteiger partial charge on any atom is -0.320 e. The van der Waals surface area contributed by atoms with Gasteiger partial charge in [0.2, 0.25) is 0 Å². The molecule has 0 unspecified atom stereocenters. The van der Waals surface area contributed by atoms with Crippen molar-refractivity contribution in [1.29, 1.82) is 0 Å². The number of fused-ring (bicyclic) bond motifs is 2. The summed E-state index contributed by atoms with van der Waals surface area (Å²) in [7, 11) is 0. The number of hydrogen-bond donors (Lipinski definition) is 3. The molecule has 4 aromatic rings. The fourth-order valence-corrected chi connectivity index (χ4v) is 3.27. The Balaban J connectivity index is 1.82. The van der Waals surface area contributed by atoms with E-state index < -0.39 is 17.2 Å². The van der Waals surface area contributed by atoms with Crippen molar-refractivity contribution in [3.05, 3.63) is 73.7 Å². The number of H-pyrrole nitrogens is 2. The first-order valence-corrected chi connectivity index (χ1v) is 8.65. The van der Waals surface area contributed by atoms with Crippen LogP contribution in [0.2, 0.25) is 0 Å². The third-order valence-corrected chi connectivity index (χ3v) is 4.79. The summed E-state index contributed by atoms with van der Waals surface area (Å²) in [5, 5.41) is 3.94. The van der Waals surface area contributed by atoms with Gasteiger partial charge in [0.05, 0.1) is 16.6 Å². The third kappa shape index (κ3) is 2.84. The van der Waals surface area contributed by atoms with Crippen molar-refractivity contribution in [1.82, 2.24) is 19.9 Å². The number of aromatic nitrogens is 4. The topological polar surface area (TPSA) is 121 Å². The van der Waals surface area contributed by atoms with E-state index in [4.69, 9.17) is 0 Å². The Morgan fingerprint density at radius 1 is 1.07 bits per heavy atom. The zero-order valence-corrected chi connectivity index (χ0v) is 15.5. The number of nitrogens with zero attached hydrogens (tertiary/aromatic N) is 2. The number of aromatic amines is 2. The molecule has 0 saturated heterocycles. The van der Waals surface area contributed by atoms with Crippen LogP contribution in [0.4, 0.5) is 5.69 Å². The van der Waals surface area contributed by atoms with E-state index in [1.54, 1.807) is 13.1 Å². The largest absolute Gasteiger partial charge is 0.327 e. The van der Waals surface area contributed by atoms with Gasteiger partial charge in [0, 0.05) is 11.6 Å². The second kappa shape index (κ2) is 6.41. The highest BCUT2D eigenvalue weighted by Crippen LogP contribution is 2.28. The van der Waals surface area contributed by atoms with Crippen LogP contribution in [0.15, 0.2) is 40.1 Å². The molecule has 0 bridgehead atoms. The number of nitrogens with one attached hydrogen (secondary N) is 3. The second-order valence-corrected chi connectivity index (χ2v) is 6.68. The molecule has 28 heavy (non-hydrogen) atoms. The lowest BCUT2D eigenvalue weighted by molar-refractivity contribution is 0.102. The van der Waals surface area contributed by atoms with E-state index in [2.05, 4.69) is 25.3 Å². The van der Waals surface area contributed by atoms with Crippen LogP contribution in [0.1, 0.15) is 27.2 Å². The molecule has 1 amide bonds. The maximum atomic E-state index is 12.8. The summed E-state index contributed by atoms with van der Waals surface area (Å²) < 4.78 is 0. The molecule has 0 saturated carbocycles. The van der Waals surface area contributed by atoms with Crippen molar-refractivity contribution < 1.29 is 4.79 Å². The van der Waals surface area contributed by atoms with Gasteiger partial charge in [-0.15, -0.1) is 0 Å². The van der Waals surface area contributed by atoms with E-state index >= 15 is 0 Å². The Kier molecular flexibility index (Phi) is 4.03. The Hall–Kier alpha value is -3.81. The van der Waals surface area contributed by atoms with Gasteiger partial charge < -0.3 is 5.32 Å². The maximum Gasteiger partial charge on any atom is 0.327 e. The summed E-state index contributed by atoms with van der Waals surface area (Å²) in [5.74, 6) is -0.445. The van der Waals surface area contributed by atoms with Crippen LogP contribution >= 0.6 is 0 Å². The third-order valence-electron chi connectivity index (χ3n) is 4.79. The van der Waals surface area contributed by atoms with Crippen LogP contribution in [-0.4, -0.2) is 25.8 Å². The van der Waals surface area contributed by atoms with Crippen LogP contribution in [0, 0.1) is 20.8 Å². The number of hydrogen-bond acceptors (Lipinski definition) is 5. The van der Waals surface area contributed by atoms with Crippen LogP contribution in [-0.2, 0) is 0 Å². The van der Waals surface area contributed by atoms with Crippen molar-refractivity contribution in [2.75, 3.05) is 5.32 Å². The molecule has 0 aliphatic rings. The number of carbonyl (C=O) groups is 1. The van der Waals surface area contributed by atoms with E-state index in [1.165, 1.54) is 6.07 Å². The normalized spacial score (nSPS) is 11.1. The average molecular weight is 375 g/mol. The fourth-order valence-electron chi connectivity index (χ4n) is 3.27. The first-order valence-electron chi connectivity index (χ1n) is 8.65.